The van der Waals surface area contributed by atoms with Crippen LogP contribution in [0.2, 0.25) is 0 Å². The van der Waals surface area contributed by atoms with Crippen molar-refractivity contribution >= 4 is 47.9 Å². The predicted octanol–water partition coefficient (Wildman–Crippen LogP) is 5.59. The number of benzene rings is 1. The standard InChI is InChI=1S/C17H23N2.C5H5N.2ClH.Po/c1-16(2)7-9-18-11-19-10-8-17(3,4)13-6-5-12(16)14(18)15(13)19;1-2-4-6-5-3-1;;;/h5-6,11H,7-10H2,1-4H3;1-5H;2*1H;/q;;;;+2/p-2. The van der Waals surface area contributed by atoms with Gasteiger partial charge in [-0.25, -0.2) is 0 Å². The maximum Gasteiger partial charge on any atom is 0.0267 e. The summed E-state index contributed by atoms with van der Waals surface area (Å²) in [5, 5.41) is 0. The van der Waals surface area contributed by atoms with E-state index < -0.39 is 19.7 Å². The van der Waals surface area contributed by atoms with Gasteiger partial charge in [-0.2, -0.15) is 0 Å². The molecule has 0 atom stereocenters. The van der Waals surface area contributed by atoms with E-state index >= 15 is 0 Å². The number of rotatable bonds is 1. The molecule has 1 aromatic heterocycles. The third-order valence-electron chi connectivity index (χ3n) is 6.40. The minimum absolute atomic E-state index is 0.241. The first-order valence-corrected chi connectivity index (χ1v) is 19.5. The van der Waals surface area contributed by atoms with Crippen molar-refractivity contribution in [3.05, 3.63) is 53.9 Å². The molecule has 1 aromatic carbocycles. The van der Waals surface area contributed by atoms with E-state index in [2.05, 4.69) is 54.6 Å². The van der Waals surface area contributed by atoms with Crippen LogP contribution in [-0.4, -0.2) is 41.6 Å². The molecule has 0 unspecified atom stereocenters. The molecule has 1 radical (unpaired) electrons. The summed E-state index contributed by atoms with van der Waals surface area (Å²) in [6, 6.07) is 10.5. The fourth-order valence-electron chi connectivity index (χ4n) is 4.66. The quantitative estimate of drug-likeness (QED) is 0.418. The number of nitrogens with zero attached hydrogens (tertiary/aromatic N) is 3. The maximum atomic E-state index is 6.59. The summed E-state index contributed by atoms with van der Waals surface area (Å²) in [6.07, 6.45) is 5.85. The van der Waals surface area contributed by atoms with Gasteiger partial charge in [0.25, 0.3) is 0 Å². The van der Waals surface area contributed by atoms with Crippen molar-refractivity contribution in [2.45, 2.75) is 55.2 Å². The van der Waals surface area contributed by atoms with Gasteiger partial charge in [-0.15, -0.1) is 0 Å². The Kier molecular flexibility index (Phi) is 5.63. The zero-order valence-electron chi connectivity index (χ0n) is 17.0. The molecule has 28 heavy (non-hydrogen) atoms. The normalized spacial score (nSPS) is 21.2. The van der Waals surface area contributed by atoms with Crippen LogP contribution < -0.4 is 9.80 Å². The number of pyridine rings is 1. The van der Waals surface area contributed by atoms with Crippen LogP contribution in [-0.2, 0) is 10.8 Å². The second-order valence-corrected chi connectivity index (χ2v) is 19.8. The molecule has 3 aliphatic rings. The summed E-state index contributed by atoms with van der Waals surface area (Å²) < 4.78 is 0.283. The van der Waals surface area contributed by atoms with Crippen molar-refractivity contribution in [3.63, 3.8) is 0 Å². The van der Waals surface area contributed by atoms with Crippen molar-refractivity contribution in [3.8, 4) is 0 Å². The van der Waals surface area contributed by atoms with E-state index in [1.54, 1.807) is 12.4 Å². The van der Waals surface area contributed by atoms with Crippen LogP contribution in [0.4, 0.5) is 11.4 Å². The van der Waals surface area contributed by atoms with Crippen LogP contribution in [0.1, 0.15) is 51.7 Å². The second-order valence-electron chi connectivity index (χ2n) is 9.10. The van der Waals surface area contributed by atoms with Crippen LogP contribution in [0, 0.1) is 0 Å². The van der Waals surface area contributed by atoms with Crippen molar-refractivity contribution in [1.82, 2.24) is 4.98 Å². The number of halogens is 2. The van der Waals surface area contributed by atoms with Crippen LogP contribution in [0.3, 0.4) is 0 Å². The van der Waals surface area contributed by atoms with Crippen molar-refractivity contribution < 1.29 is 0 Å². The summed E-state index contributed by atoms with van der Waals surface area (Å²) in [5.41, 5.74) is 6.35. The number of hydrogen-bond donors (Lipinski definition) is 0. The van der Waals surface area contributed by atoms with Gasteiger partial charge >= 0.3 is 149 Å². The molecular formula is C22H28Cl2N3Po. The third kappa shape index (κ3) is 3.44. The Morgan fingerprint density at radius 3 is 1.64 bits per heavy atom. The Hall–Kier alpha value is -0.554. The van der Waals surface area contributed by atoms with E-state index in [1.165, 1.54) is 35.3 Å². The van der Waals surface area contributed by atoms with Crippen molar-refractivity contribution in [2.24, 2.45) is 0 Å². The van der Waals surface area contributed by atoms with Gasteiger partial charge in [0.15, 0.2) is 0 Å². The zero-order chi connectivity index (χ0) is 20.1. The van der Waals surface area contributed by atoms with Crippen LogP contribution >= 0.6 is 16.9 Å². The van der Waals surface area contributed by atoms with E-state index in [-0.39, 0.29) is 14.7 Å². The summed E-state index contributed by atoms with van der Waals surface area (Å²) in [7, 11) is 13.2. The summed E-state index contributed by atoms with van der Waals surface area (Å²) in [4.78, 5) is 8.89. The molecule has 5 rings (SSSR count). The molecule has 0 saturated heterocycles. The average Bonchev–Trinajstić information content (AvgIpc) is 3.00. The molecule has 0 bridgehead atoms. The topological polar surface area (TPSA) is 19.4 Å². The Morgan fingerprint density at radius 1 is 0.857 bits per heavy atom. The zero-order valence-corrected chi connectivity index (χ0v) is 21.6. The number of aromatic nitrogens is 1. The van der Waals surface area contributed by atoms with Gasteiger partial charge in [0.05, 0.1) is 0 Å². The largest absolute Gasteiger partial charge is 0.265 e. The molecule has 0 amide bonds. The van der Waals surface area contributed by atoms with Gasteiger partial charge in [-0.05, 0) is 12.1 Å². The van der Waals surface area contributed by atoms with Crippen molar-refractivity contribution in [1.29, 1.82) is 0 Å². The summed E-state index contributed by atoms with van der Waals surface area (Å²) in [5.74, 6) is 0. The molecule has 0 aliphatic carbocycles. The Balaban J connectivity index is 0.000000275. The molecule has 2 aromatic rings. The molecule has 0 saturated carbocycles. The fraction of sp³-hybridized carbons (Fsp3) is 0.500. The SMILES string of the molecule is CC1(C)CCN2c3c1ccc1c3N(CCC1(C)C)[CH]2[Po]([Cl])[Cl].c1ccncc1. The van der Waals surface area contributed by atoms with E-state index in [4.69, 9.17) is 16.9 Å². The Bertz CT molecular complexity index is 777. The van der Waals surface area contributed by atoms with Gasteiger partial charge in [0.1, 0.15) is 0 Å². The first-order chi connectivity index (χ1) is 13.2. The molecule has 0 spiro atoms. The fourth-order valence-corrected chi connectivity index (χ4v) is 11.2. The Morgan fingerprint density at radius 2 is 1.32 bits per heavy atom. The third-order valence-corrected chi connectivity index (χ3v) is 12.4. The van der Waals surface area contributed by atoms with E-state index in [0.29, 0.717) is 0 Å². The molecule has 6 heteroatoms. The van der Waals surface area contributed by atoms with E-state index in [9.17, 15) is 0 Å². The molecular weight excluding hydrogens is 586 g/mol. The van der Waals surface area contributed by atoms with Gasteiger partial charge in [-0.3, -0.25) is 4.98 Å². The summed E-state index contributed by atoms with van der Waals surface area (Å²) >= 11 is -2.40. The van der Waals surface area contributed by atoms with E-state index in [0.717, 1.165) is 13.1 Å². The summed E-state index contributed by atoms with van der Waals surface area (Å²) in [6.45, 7) is 11.6. The van der Waals surface area contributed by atoms with Crippen LogP contribution in [0.15, 0.2) is 42.7 Å². The van der Waals surface area contributed by atoms with Gasteiger partial charge in [0, 0.05) is 12.4 Å². The van der Waals surface area contributed by atoms with Gasteiger partial charge in [-0.1, -0.05) is 6.07 Å². The molecule has 151 valence electrons. The molecule has 0 N–H and O–H groups in total. The molecule has 4 heterocycles. The minimum atomic E-state index is -2.40. The van der Waals surface area contributed by atoms with Crippen LogP contribution in [0.25, 0.3) is 0 Å². The first kappa shape index (κ1) is 20.7. The number of hydrogen-bond acceptors (Lipinski definition) is 3. The van der Waals surface area contributed by atoms with Crippen LogP contribution in [0.5, 0.6) is 0 Å². The molecule has 3 aliphatic heterocycles. The second kappa shape index (κ2) is 7.61. The monoisotopic (exact) mass is 613 g/mol. The first-order valence-electron chi connectivity index (χ1n) is 9.86. The van der Waals surface area contributed by atoms with Gasteiger partial charge in [0.2, 0.25) is 0 Å². The van der Waals surface area contributed by atoms with Gasteiger partial charge < -0.3 is 0 Å². The maximum absolute atomic E-state index is 6.59. The molecule has 0 fully saturated rings. The van der Waals surface area contributed by atoms with Crippen molar-refractivity contribution in [2.75, 3.05) is 22.9 Å². The Labute approximate surface area is 183 Å². The minimum Gasteiger partial charge on any atom is -0.265 e. The predicted molar refractivity (Wildman–Crippen MR) is 122 cm³/mol. The van der Waals surface area contributed by atoms with E-state index in [1.807, 2.05) is 18.2 Å². The number of anilines is 2. The molecule has 3 nitrogen and oxygen atoms in total. The average molecular weight is 614 g/mol. The smallest absolute Gasteiger partial charge is 0.0267 e.